The molecule has 0 aliphatic heterocycles. The largest absolute Gasteiger partial charge is 0.465 e. The Bertz CT molecular complexity index is 450. The van der Waals surface area contributed by atoms with E-state index in [9.17, 15) is 4.79 Å². The van der Waals surface area contributed by atoms with Gasteiger partial charge in [0.15, 0.2) is 5.16 Å². The summed E-state index contributed by atoms with van der Waals surface area (Å²) < 4.78 is 7.07. The van der Waals surface area contributed by atoms with Crippen LogP contribution in [0.4, 0.5) is 0 Å². The second kappa shape index (κ2) is 7.64. The molecule has 0 amide bonds. The molecule has 0 aromatic carbocycles. The van der Waals surface area contributed by atoms with E-state index in [1.807, 2.05) is 32.4 Å². The maximum Gasteiger partial charge on any atom is 0.326 e. The molecule has 114 valence electrons. The molecule has 1 N–H and O–H groups in total. The highest BCUT2D eigenvalue weighted by molar-refractivity contribution is 7.99. The van der Waals surface area contributed by atoms with E-state index in [1.165, 1.54) is 0 Å². The summed E-state index contributed by atoms with van der Waals surface area (Å²) in [4.78, 5) is 11.9. The van der Waals surface area contributed by atoms with Crippen molar-refractivity contribution >= 4 is 17.7 Å². The van der Waals surface area contributed by atoms with Crippen molar-refractivity contribution in [3.8, 4) is 0 Å². The van der Waals surface area contributed by atoms with Crippen molar-refractivity contribution in [2.24, 2.45) is 7.05 Å². The van der Waals surface area contributed by atoms with Crippen molar-refractivity contribution in [2.45, 2.75) is 44.3 Å². The smallest absolute Gasteiger partial charge is 0.326 e. The number of carbonyl (C=O) groups is 1. The van der Waals surface area contributed by atoms with Gasteiger partial charge in [0, 0.05) is 12.8 Å². The van der Waals surface area contributed by atoms with Crippen molar-refractivity contribution in [2.75, 3.05) is 19.4 Å². The number of carbonyl (C=O) groups excluding carboxylic acids is 1. The minimum absolute atomic E-state index is 0.193. The zero-order valence-corrected chi connectivity index (χ0v) is 13.7. The first kappa shape index (κ1) is 17.0. The Morgan fingerprint density at radius 3 is 2.70 bits per heavy atom. The van der Waals surface area contributed by atoms with E-state index in [-0.39, 0.29) is 5.97 Å². The van der Waals surface area contributed by atoms with E-state index in [2.05, 4.69) is 15.5 Å². The first-order chi connectivity index (χ1) is 9.44. The summed E-state index contributed by atoms with van der Waals surface area (Å²) in [6.07, 6.45) is 1.62. The molecule has 0 saturated carbocycles. The molecule has 0 aliphatic carbocycles. The molecule has 20 heavy (non-hydrogen) atoms. The lowest BCUT2D eigenvalue weighted by Crippen LogP contribution is -2.48. The molecule has 1 atom stereocenters. The Morgan fingerprint density at radius 1 is 1.50 bits per heavy atom. The van der Waals surface area contributed by atoms with Gasteiger partial charge in [0.25, 0.3) is 0 Å². The standard InChI is InChI=1S/C13H24N4O2S/c1-6-19-11(18)13(3,14-4)8-7-9-20-12-16-15-10(2)17(12)5/h14H,6-9H2,1-5H3. The van der Waals surface area contributed by atoms with Gasteiger partial charge in [-0.15, -0.1) is 10.2 Å². The molecule has 0 spiro atoms. The number of nitrogens with one attached hydrogen (secondary N) is 1. The summed E-state index contributed by atoms with van der Waals surface area (Å²) in [7, 11) is 3.74. The fourth-order valence-electron chi connectivity index (χ4n) is 1.72. The quantitative estimate of drug-likeness (QED) is 0.446. The van der Waals surface area contributed by atoms with Gasteiger partial charge in [-0.25, -0.2) is 0 Å². The molecule has 6 nitrogen and oxygen atoms in total. The zero-order valence-electron chi connectivity index (χ0n) is 12.9. The maximum absolute atomic E-state index is 11.9. The fourth-order valence-corrected chi connectivity index (χ4v) is 2.62. The van der Waals surface area contributed by atoms with E-state index >= 15 is 0 Å². The van der Waals surface area contributed by atoms with E-state index in [4.69, 9.17) is 4.74 Å². The van der Waals surface area contributed by atoms with Crippen molar-refractivity contribution in [3.63, 3.8) is 0 Å². The molecular formula is C13H24N4O2S. The van der Waals surface area contributed by atoms with Gasteiger partial charge in [-0.05, 0) is 40.7 Å². The molecule has 0 saturated heterocycles. The highest BCUT2D eigenvalue weighted by atomic mass is 32.2. The lowest BCUT2D eigenvalue weighted by atomic mass is 9.97. The molecule has 1 aromatic heterocycles. The number of nitrogens with zero attached hydrogens (tertiary/aromatic N) is 3. The summed E-state index contributed by atoms with van der Waals surface area (Å²) >= 11 is 1.65. The predicted octanol–water partition coefficient (Wildman–Crippen LogP) is 1.54. The second-order valence-electron chi connectivity index (χ2n) is 4.84. The van der Waals surface area contributed by atoms with Crippen LogP contribution in [0, 0.1) is 6.92 Å². The van der Waals surface area contributed by atoms with Crippen LogP contribution in [0.3, 0.4) is 0 Å². The van der Waals surface area contributed by atoms with Gasteiger partial charge >= 0.3 is 5.97 Å². The predicted molar refractivity (Wildman–Crippen MR) is 79.8 cm³/mol. The third-order valence-corrected chi connectivity index (χ3v) is 4.49. The molecule has 1 rings (SSSR count). The number of thioether (sulfide) groups is 1. The number of rotatable bonds is 8. The third kappa shape index (κ3) is 4.21. The molecule has 1 heterocycles. The topological polar surface area (TPSA) is 69.0 Å². The van der Waals surface area contributed by atoms with E-state index in [0.717, 1.165) is 29.6 Å². The van der Waals surface area contributed by atoms with Crippen LogP contribution in [0.2, 0.25) is 0 Å². The van der Waals surface area contributed by atoms with Crippen LogP contribution in [0.15, 0.2) is 5.16 Å². The van der Waals surface area contributed by atoms with E-state index in [0.29, 0.717) is 6.61 Å². The van der Waals surface area contributed by atoms with Crippen LogP contribution in [-0.2, 0) is 16.6 Å². The third-order valence-electron chi connectivity index (χ3n) is 3.38. The van der Waals surface area contributed by atoms with Crippen molar-refractivity contribution in [1.82, 2.24) is 20.1 Å². The number of hydrogen-bond acceptors (Lipinski definition) is 6. The van der Waals surface area contributed by atoms with Crippen molar-refractivity contribution in [1.29, 1.82) is 0 Å². The molecular weight excluding hydrogens is 276 g/mol. The number of aromatic nitrogens is 3. The van der Waals surface area contributed by atoms with Gasteiger partial charge in [-0.1, -0.05) is 11.8 Å². The first-order valence-corrected chi connectivity index (χ1v) is 7.78. The minimum Gasteiger partial charge on any atom is -0.465 e. The molecule has 0 radical (unpaired) electrons. The highest BCUT2D eigenvalue weighted by Crippen LogP contribution is 2.20. The molecule has 7 heteroatoms. The molecule has 1 unspecified atom stereocenters. The van der Waals surface area contributed by atoms with Crippen molar-refractivity contribution < 1.29 is 9.53 Å². The summed E-state index contributed by atoms with van der Waals surface area (Å²) in [5.74, 6) is 1.60. The fraction of sp³-hybridized carbons (Fsp3) is 0.769. The van der Waals surface area contributed by atoms with Crippen LogP contribution >= 0.6 is 11.8 Å². The highest BCUT2D eigenvalue weighted by Gasteiger charge is 2.32. The number of ether oxygens (including phenoxy) is 1. The van der Waals surface area contributed by atoms with Gasteiger partial charge in [0.05, 0.1) is 6.61 Å². The van der Waals surface area contributed by atoms with Crippen molar-refractivity contribution in [3.05, 3.63) is 5.82 Å². The van der Waals surface area contributed by atoms with Gasteiger partial charge in [-0.3, -0.25) is 4.79 Å². The zero-order chi connectivity index (χ0) is 15.2. The summed E-state index contributed by atoms with van der Waals surface area (Å²) in [6, 6.07) is 0. The van der Waals surface area contributed by atoms with Crippen LogP contribution in [0.25, 0.3) is 0 Å². The van der Waals surface area contributed by atoms with Gasteiger partial charge in [0.1, 0.15) is 11.4 Å². The molecule has 0 bridgehead atoms. The SMILES string of the molecule is CCOC(=O)C(C)(CCCSc1nnc(C)n1C)NC. The summed E-state index contributed by atoms with van der Waals surface area (Å²) in [5.41, 5.74) is -0.619. The van der Waals surface area contributed by atoms with Gasteiger partial charge < -0.3 is 14.6 Å². The average molecular weight is 300 g/mol. The average Bonchev–Trinajstić information content (AvgIpc) is 2.75. The van der Waals surface area contributed by atoms with Crippen LogP contribution in [-0.4, -0.2) is 45.7 Å². The number of aryl methyl sites for hydroxylation is 1. The number of likely N-dealkylation sites (N-methyl/N-ethyl adjacent to an activating group) is 1. The molecule has 1 aromatic rings. The molecule has 0 fully saturated rings. The Hall–Kier alpha value is -1.08. The lowest BCUT2D eigenvalue weighted by Gasteiger charge is -2.26. The Labute approximate surface area is 124 Å². The Morgan fingerprint density at radius 2 is 2.20 bits per heavy atom. The Balaban J connectivity index is 2.42. The lowest BCUT2D eigenvalue weighted by molar-refractivity contribution is -0.150. The van der Waals surface area contributed by atoms with E-state index in [1.54, 1.807) is 18.8 Å². The monoisotopic (exact) mass is 300 g/mol. The first-order valence-electron chi connectivity index (χ1n) is 6.79. The minimum atomic E-state index is -0.619. The maximum atomic E-state index is 11.9. The summed E-state index contributed by atoms with van der Waals surface area (Å²) in [6.45, 7) is 6.03. The number of esters is 1. The molecule has 0 aliphatic rings. The summed E-state index contributed by atoms with van der Waals surface area (Å²) in [5, 5.41) is 12.1. The van der Waals surface area contributed by atoms with Crippen LogP contribution in [0.1, 0.15) is 32.5 Å². The van der Waals surface area contributed by atoms with Crippen LogP contribution in [0.5, 0.6) is 0 Å². The van der Waals surface area contributed by atoms with E-state index < -0.39 is 5.54 Å². The van der Waals surface area contributed by atoms with Crippen LogP contribution < -0.4 is 5.32 Å². The van der Waals surface area contributed by atoms with Gasteiger partial charge in [-0.2, -0.15) is 0 Å². The number of hydrogen-bond donors (Lipinski definition) is 1. The van der Waals surface area contributed by atoms with Gasteiger partial charge in [0.2, 0.25) is 0 Å². The Kier molecular flexibility index (Phi) is 6.48. The normalized spacial score (nSPS) is 14.1. The second-order valence-corrected chi connectivity index (χ2v) is 5.91.